The molecule has 0 saturated carbocycles. The highest BCUT2D eigenvalue weighted by atomic mass is 16.3. The van der Waals surface area contributed by atoms with Gasteiger partial charge >= 0.3 is 0 Å². The normalized spacial score (nSPS) is 21.5. The molecule has 4 heteroatoms. The zero-order chi connectivity index (χ0) is 10.7. The highest BCUT2D eigenvalue weighted by Gasteiger charge is 2.27. The molecule has 0 bridgehead atoms. The Hall–Kier alpha value is -1.00. The third-order valence-electron chi connectivity index (χ3n) is 2.94. The summed E-state index contributed by atoms with van der Waals surface area (Å²) in [5.41, 5.74) is 0.526. The quantitative estimate of drug-likeness (QED) is 0.780. The SMILES string of the molecule is CC1(O)CCN(Cc2cnccn2)CC1. The van der Waals surface area contributed by atoms with Gasteiger partial charge in [0.25, 0.3) is 0 Å². The van der Waals surface area contributed by atoms with Gasteiger partial charge in [0.1, 0.15) is 0 Å². The molecule has 1 N–H and O–H groups in total. The van der Waals surface area contributed by atoms with Gasteiger partial charge in [0, 0.05) is 38.2 Å². The maximum absolute atomic E-state index is 9.80. The molecule has 0 amide bonds. The Morgan fingerprint density at radius 3 is 2.73 bits per heavy atom. The average Bonchev–Trinajstić information content (AvgIpc) is 2.23. The molecule has 0 atom stereocenters. The molecule has 2 rings (SSSR count). The second-order valence-electron chi connectivity index (χ2n) is 4.47. The smallest absolute Gasteiger partial charge is 0.0726 e. The average molecular weight is 207 g/mol. The molecular formula is C11H17N3O. The molecule has 4 nitrogen and oxygen atoms in total. The molecule has 0 spiro atoms. The van der Waals surface area contributed by atoms with Crippen molar-refractivity contribution < 1.29 is 5.11 Å². The molecule has 82 valence electrons. The van der Waals surface area contributed by atoms with E-state index in [0.29, 0.717) is 0 Å². The Morgan fingerprint density at radius 1 is 1.40 bits per heavy atom. The van der Waals surface area contributed by atoms with E-state index in [0.717, 1.165) is 38.2 Å². The lowest BCUT2D eigenvalue weighted by Crippen LogP contribution is -2.42. The van der Waals surface area contributed by atoms with Crippen LogP contribution in [0.4, 0.5) is 0 Å². The van der Waals surface area contributed by atoms with Crippen LogP contribution in [0, 0.1) is 0 Å². The Kier molecular flexibility index (Phi) is 2.98. The summed E-state index contributed by atoms with van der Waals surface area (Å²) in [6.45, 7) is 4.61. The molecule has 1 aromatic rings. The number of nitrogens with zero attached hydrogens (tertiary/aromatic N) is 3. The summed E-state index contributed by atoms with van der Waals surface area (Å²) in [6, 6.07) is 0. The fraction of sp³-hybridized carbons (Fsp3) is 0.636. The molecule has 0 aromatic carbocycles. The Labute approximate surface area is 90.0 Å². The first-order valence-corrected chi connectivity index (χ1v) is 5.35. The van der Waals surface area contributed by atoms with Crippen LogP contribution in [0.2, 0.25) is 0 Å². The summed E-state index contributed by atoms with van der Waals surface area (Å²) >= 11 is 0. The van der Waals surface area contributed by atoms with Gasteiger partial charge in [-0.15, -0.1) is 0 Å². The monoisotopic (exact) mass is 207 g/mol. The Morgan fingerprint density at radius 2 is 2.13 bits per heavy atom. The van der Waals surface area contributed by atoms with E-state index in [1.165, 1.54) is 0 Å². The second kappa shape index (κ2) is 4.24. The summed E-state index contributed by atoms with van der Waals surface area (Å²) in [5.74, 6) is 0. The number of likely N-dealkylation sites (tertiary alicyclic amines) is 1. The summed E-state index contributed by atoms with van der Waals surface area (Å²) in [4.78, 5) is 10.6. The van der Waals surface area contributed by atoms with Crippen LogP contribution in [0.25, 0.3) is 0 Å². The highest BCUT2D eigenvalue weighted by molar-refractivity contribution is 4.95. The van der Waals surface area contributed by atoms with E-state index in [1.54, 1.807) is 18.6 Å². The molecular weight excluding hydrogens is 190 g/mol. The van der Waals surface area contributed by atoms with Crippen molar-refractivity contribution in [2.75, 3.05) is 13.1 Å². The van der Waals surface area contributed by atoms with Gasteiger partial charge in [-0.05, 0) is 19.8 Å². The molecule has 1 aromatic heterocycles. The molecule has 15 heavy (non-hydrogen) atoms. The van der Waals surface area contributed by atoms with Gasteiger partial charge in [-0.3, -0.25) is 14.9 Å². The van der Waals surface area contributed by atoms with E-state index in [4.69, 9.17) is 0 Å². The van der Waals surface area contributed by atoms with E-state index in [1.807, 2.05) is 6.92 Å². The van der Waals surface area contributed by atoms with E-state index < -0.39 is 5.60 Å². The van der Waals surface area contributed by atoms with Crippen molar-refractivity contribution in [2.24, 2.45) is 0 Å². The number of piperidine rings is 1. The van der Waals surface area contributed by atoms with E-state index in [9.17, 15) is 5.11 Å². The molecule has 1 fully saturated rings. The number of hydrogen-bond acceptors (Lipinski definition) is 4. The van der Waals surface area contributed by atoms with Crippen molar-refractivity contribution in [1.82, 2.24) is 14.9 Å². The minimum Gasteiger partial charge on any atom is -0.390 e. The van der Waals surface area contributed by atoms with E-state index in [-0.39, 0.29) is 0 Å². The third kappa shape index (κ3) is 2.97. The number of aromatic nitrogens is 2. The number of rotatable bonds is 2. The molecule has 0 aliphatic carbocycles. The van der Waals surface area contributed by atoms with Gasteiger partial charge in [-0.1, -0.05) is 0 Å². The predicted molar refractivity (Wildman–Crippen MR) is 57.2 cm³/mol. The maximum Gasteiger partial charge on any atom is 0.0726 e. The van der Waals surface area contributed by atoms with Gasteiger partial charge in [0.15, 0.2) is 0 Å². The molecule has 0 unspecified atom stereocenters. The largest absolute Gasteiger partial charge is 0.390 e. The number of aliphatic hydroxyl groups is 1. The van der Waals surface area contributed by atoms with Crippen molar-refractivity contribution in [2.45, 2.75) is 31.9 Å². The Balaban J connectivity index is 1.88. The van der Waals surface area contributed by atoms with Crippen LogP contribution >= 0.6 is 0 Å². The lowest BCUT2D eigenvalue weighted by Gasteiger charge is -2.35. The lowest BCUT2D eigenvalue weighted by atomic mass is 9.94. The minimum absolute atomic E-state index is 0.473. The van der Waals surface area contributed by atoms with E-state index >= 15 is 0 Å². The Bertz CT molecular complexity index is 303. The standard InChI is InChI=1S/C11H17N3O/c1-11(15)2-6-14(7-3-11)9-10-8-12-4-5-13-10/h4-5,8,15H,2-3,6-7,9H2,1H3. The van der Waals surface area contributed by atoms with Crippen LogP contribution in [-0.4, -0.2) is 38.7 Å². The summed E-state index contributed by atoms with van der Waals surface area (Å²) in [5, 5.41) is 9.80. The zero-order valence-electron chi connectivity index (χ0n) is 9.06. The van der Waals surface area contributed by atoms with Crippen LogP contribution in [0.1, 0.15) is 25.5 Å². The van der Waals surface area contributed by atoms with Crippen molar-refractivity contribution in [3.63, 3.8) is 0 Å². The van der Waals surface area contributed by atoms with Crippen LogP contribution in [0.15, 0.2) is 18.6 Å². The second-order valence-corrected chi connectivity index (χ2v) is 4.47. The molecule has 1 aliphatic heterocycles. The summed E-state index contributed by atoms with van der Waals surface area (Å²) < 4.78 is 0. The van der Waals surface area contributed by atoms with Crippen molar-refractivity contribution in [3.05, 3.63) is 24.3 Å². The minimum atomic E-state index is -0.473. The lowest BCUT2D eigenvalue weighted by molar-refractivity contribution is -0.00759. The molecule has 2 heterocycles. The first kappa shape index (κ1) is 10.5. The van der Waals surface area contributed by atoms with Crippen LogP contribution in [0.5, 0.6) is 0 Å². The topological polar surface area (TPSA) is 49.2 Å². The number of hydrogen-bond donors (Lipinski definition) is 1. The maximum atomic E-state index is 9.80. The fourth-order valence-electron chi connectivity index (χ4n) is 1.83. The van der Waals surface area contributed by atoms with Gasteiger partial charge in [-0.25, -0.2) is 0 Å². The predicted octanol–water partition coefficient (Wildman–Crippen LogP) is 0.823. The van der Waals surface area contributed by atoms with Crippen molar-refractivity contribution in [1.29, 1.82) is 0 Å². The summed E-state index contributed by atoms with van der Waals surface area (Å²) in [7, 11) is 0. The molecule has 1 saturated heterocycles. The van der Waals surface area contributed by atoms with Crippen LogP contribution in [0.3, 0.4) is 0 Å². The van der Waals surface area contributed by atoms with E-state index in [2.05, 4.69) is 14.9 Å². The van der Waals surface area contributed by atoms with Gasteiger partial charge in [0.05, 0.1) is 11.3 Å². The third-order valence-corrected chi connectivity index (χ3v) is 2.94. The van der Waals surface area contributed by atoms with Gasteiger partial charge < -0.3 is 5.11 Å². The van der Waals surface area contributed by atoms with Crippen molar-refractivity contribution in [3.8, 4) is 0 Å². The van der Waals surface area contributed by atoms with Crippen LogP contribution < -0.4 is 0 Å². The fourth-order valence-corrected chi connectivity index (χ4v) is 1.83. The van der Waals surface area contributed by atoms with Gasteiger partial charge in [0.2, 0.25) is 0 Å². The van der Waals surface area contributed by atoms with Crippen molar-refractivity contribution >= 4 is 0 Å². The molecule has 0 radical (unpaired) electrons. The first-order valence-electron chi connectivity index (χ1n) is 5.35. The highest BCUT2D eigenvalue weighted by Crippen LogP contribution is 2.21. The van der Waals surface area contributed by atoms with Crippen LogP contribution in [-0.2, 0) is 6.54 Å². The molecule has 1 aliphatic rings. The zero-order valence-corrected chi connectivity index (χ0v) is 9.06. The van der Waals surface area contributed by atoms with Gasteiger partial charge in [-0.2, -0.15) is 0 Å². The summed E-state index contributed by atoms with van der Waals surface area (Å²) in [6.07, 6.45) is 6.88. The first-order chi connectivity index (χ1) is 7.16.